The van der Waals surface area contributed by atoms with Crippen LogP contribution in [-0.2, 0) is 27.2 Å². The van der Waals surface area contributed by atoms with Crippen LogP contribution in [0.25, 0.3) is 21.5 Å². The van der Waals surface area contributed by atoms with Crippen molar-refractivity contribution in [1.29, 1.82) is 0 Å². The van der Waals surface area contributed by atoms with Gasteiger partial charge in [-0.2, -0.15) is 0 Å². The second-order valence-electron chi connectivity index (χ2n) is 14.5. The van der Waals surface area contributed by atoms with E-state index in [9.17, 15) is 19.5 Å². The van der Waals surface area contributed by atoms with Gasteiger partial charge in [-0.3, -0.25) is 14.4 Å². The van der Waals surface area contributed by atoms with Crippen LogP contribution in [0.15, 0.2) is 120 Å². The Labute approximate surface area is 318 Å². The molecule has 8 heteroatoms. The molecule has 0 bridgehead atoms. The maximum absolute atomic E-state index is 14.6. The molecule has 0 radical (unpaired) electrons. The van der Waals surface area contributed by atoms with Crippen molar-refractivity contribution in [2.75, 3.05) is 6.54 Å². The first-order valence-electron chi connectivity index (χ1n) is 18.8. The van der Waals surface area contributed by atoms with Crippen molar-refractivity contribution in [3.8, 4) is 0 Å². The lowest BCUT2D eigenvalue weighted by Crippen LogP contribution is -2.53. The molecule has 278 valence electrons. The zero-order valence-corrected chi connectivity index (χ0v) is 32.1. The van der Waals surface area contributed by atoms with Crippen LogP contribution in [0, 0.1) is 17.8 Å². The van der Waals surface area contributed by atoms with Gasteiger partial charge in [-0.15, -0.1) is 0 Å². The highest BCUT2D eigenvalue weighted by molar-refractivity contribution is 8.00. The maximum Gasteiger partial charge on any atom is 0.253 e. The van der Waals surface area contributed by atoms with Crippen LogP contribution in [0.2, 0.25) is 0 Å². The van der Waals surface area contributed by atoms with Crippen LogP contribution in [-0.4, -0.2) is 46.9 Å². The molecule has 0 aliphatic rings. The molecule has 4 atom stereocenters. The largest absolute Gasteiger partial charge is 0.390 e. The molecule has 0 saturated heterocycles. The molecule has 1 unspecified atom stereocenters. The smallest absolute Gasteiger partial charge is 0.253 e. The van der Waals surface area contributed by atoms with E-state index in [0.29, 0.717) is 31.7 Å². The average molecular weight is 732 g/mol. The third-order valence-electron chi connectivity index (χ3n) is 9.83. The van der Waals surface area contributed by atoms with Crippen LogP contribution >= 0.6 is 11.8 Å². The Kier molecular flexibility index (Phi) is 14.5. The molecule has 0 aromatic heterocycles. The summed E-state index contributed by atoms with van der Waals surface area (Å²) in [6, 6.07) is 37.6. The number of aliphatic hydroxyl groups excluding tert-OH is 1. The number of carbonyl (C=O) groups is 3. The normalized spacial score (nSPS) is 13.8. The molecule has 4 N–H and O–H groups in total. The number of benzene rings is 5. The van der Waals surface area contributed by atoms with Crippen LogP contribution in [0.3, 0.4) is 0 Å². The van der Waals surface area contributed by atoms with Gasteiger partial charge in [0.25, 0.3) is 5.91 Å². The molecule has 0 fully saturated rings. The van der Waals surface area contributed by atoms with Gasteiger partial charge in [0.05, 0.1) is 18.6 Å². The van der Waals surface area contributed by atoms with Gasteiger partial charge in [0.2, 0.25) is 11.8 Å². The Bertz CT molecular complexity index is 1870. The first-order chi connectivity index (χ1) is 25.6. The molecular weight excluding hydrogens is 679 g/mol. The Morgan fingerprint density at radius 3 is 1.79 bits per heavy atom. The van der Waals surface area contributed by atoms with Crippen molar-refractivity contribution in [2.24, 2.45) is 17.8 Å². The van der Waals surface area contributed by atoms with Gasteiger partial charge >= 0.3 is 0 Å². The molecule has 0 aliphatic carbocycles. The first kappa shape index (κ1) is 39.5. The number of nitrogens with one attached hydrogen (secondary N) is 3. The summed E-state index contributed by atoms with van der Waals surface area (Å²) in [4.78, 5) is 42.4. The summed E-state index contributed by atoms with van der Waals surface area (Å²) in [5.74, 6) is -0.949. The van der Waals surface area contributed by atoms with Crippen molar-refractivity contribution in [3.05, 3.63) is 126 Å². The Balaban J connectivity index is 1.42. The van der Waals surface area contributed by atoms with E-state index >= 15 is 0 Å². The summed E-state index contributed by atoms with van der Waals surface area (Å²) in [6.45, 7) is 8.68. The zero-order chi connectivity index (χ0) is 37.7. The van der Waals surface area contributed by atoms with E-state index < -0.39 is 29.3 Å². The molecule has 5 aromatic carbocycles. The molecule has 5 rings (SSSR count). The highest BCUT2D eigenvalue weighted by Crippen LogP contribution is 2.28. The molecule has 0 aliphatic heterocycles. The number of aliphatic hydroxyl groups is 1. The molecule has 7 nitrogen and oxygen atoms in total. The van der Waals surface area contributed by atoms with Gasteiger partial charge in [0, 0.05) is 17.4 Å². The van der Waals surface area contributed by atoms with Gasteiger partial charge in [0.15, 0.2) is 5.37 Å². The molecule has 5 aromatic rings. The number of hydrogen-bond acceptors (Lipinski definition) is 5. The fraction of sp³-hybridized carbons (Fsp3) is 0.356. The van der Waals surface area contributed by atoms with Crippen LogP contribution in [0.5, 0.6) is 0 Å². The van der Waals surface area contributed by atoms with E-state index in [1.54, 1.807) is 0 Å². The Morgan fingerprint density at radius 1 is 0.679 bits per heavy atom. The second kappa shape index (κ2) is 19.4. The minimum Gasteiger partial charge on any atom is -0.390 e. The summed E-state index contributed by atoms with van der Waals surface area (Å²) >= 11 is 1.26. The zero-order valence-electron chi connectivity index (χ0n) is 31.3. The van der Waals surface area contributed by atoms with Crippen LogP contribution in [0.1, 0.15) is 58.1 Å². The van der Waals surface area contributed by atoms with Gasteiger partial charge in [-0.1, -0.05) is 149 Å². The number of hydrogen-bond donors (Lipinski definition) is 4. The highest BCUT2D eigenvalue weighted by atomic mass is 32.2. The van der Waals surface area contributed by atoms with Crippen molar-refractivity contribution in [2.45, 2.75) is 82.2 Å². The minimum atomic E-state index is -1.10. The molecule has 0 saturated carbocycles. The number of amides is 3. The molecular formula is C45H53N3O4S. The second-order valence-corrected chi connectivity index (χ2v) is 15.7. The topological polar surface area (TPSA) is 108 Å². The number of rotatable bonds is 18. The fourth-order valence-corrected chi connectivity index (χ4v) is 7.61. The third-order valence-corrected chi connectivity index (χ3v) is 10.9. The first-order valence-corrected chi connectivity index (χ1v) is 19.7. The van der Waals surface area contributed by atoms with Crippen molar-refractivity contribution in [1.82, 2.24) is 16.0 Å². The predicted molar refractivity (Wildman–Crippen MR) is 217 cm³/mol. The fourth-order valence-electron chi connectivity index (χ4n) is 6.68. The van der Waals surface area contributed by atoms with Gasteiger partial charge in [0.1, 0.15) is 0 Å². The highest BCUT2D eigenvalue weighted by Gasteiger charge is 2.31. The van der Waals surface area contributed by atoms with E-state index in [4.69, 9.17) is 0 Å². The van der Waals surface area contributed by atoms with Gasteiger partial charge < -0.3 is 21.1 Å². The Morgan fingerprint density at radius 2 is 1.23 bits per heavy atom. The lowest BCUT2D eigenvalue weighted by atomic mass is 9.88. The lowest BCUT2D eigenvalue weighted by molar-refractivity contribution is -0.130. The van der Waals surface area contributed by atoms with Crippen LogP contribution in [0.4, 0.5) is 0 Å². The van der Waals surface area contributed by atoms with Gasteiger partial charge in [-0.25, -0.2) is 0 Å². The summed E-state index contributed by atoms with van der Waals surface area (Å²) in [7, 11) is 0. The molecule has 0 heterocycles. The standard InChI is InChI=1S/C45H53N3O4S/c1-5-31(4)29-46-42(50)28-41(49)40(25-30(2)3)47-44(52)45(53-37-21-7-6-8-22-37)48-43(51)36(26-34-19-13-17-32-15-9-11-23-38(32)34)27-35-20-14-18-33-16-10-12-24-39(33)35/h6-24,30-31,36,40-41,45,49H,5,25-29H2,1-4H3,(H,46,50)(H,47,52)(H,48,51)/t31-,40-,41-,45?/m0/s1. The van der Waals surface area contributed by atoms with Crippen molar-refractivity contribution < 1.29 is 19.5 Å². The van der Waals surface area contributed by atoms with Crippen molar-refractivity contribution in [3.63, 3.8) is 0 Å². The summed E-state index contributed by atoms with van der Waals surface area (Å²) in [6.07, 6.45) is 1.12. The summed E-state index contributed by atoms with van der Waals surface area (Å²) in [5.41, 5.74) is 2.12. The molecule has 53 heavy (non-hydrogen) atoms. The van der Waals surface area contributed by atoms with Gasteiger partial charge in [-0.05, 0) is 75.9 Å². The average Bonchev–Trinajstić information content (AvgIpc) is 3.16. The van der Waals surface area contributed by atoms with Crippen molar-refractivity contribution >= 4 is 51.0 Å². The lowest BCUT2D eigenvalue weighted by Gasteiger charge is -2.29. The molecule has 0 spiro atoms. The SMILES string of the molecule is CC[C@H](C)CNC(=O)C[C@H](O)[C@H](CC(C)C)NC(=O)C(NC(=O)C(Cc1cccc2ccccc12)Cc1cccc2ccccc12)Sc1ccccc1. The maximum atomic E-state index is 14.6. The minimum absolute atomic E-state index is 0.130. The molecule has 3 amide bonds. The van der Waals surface area contributed by atoms with E-state index in [-0.39, 0.29) is 24.2 Å². The summed E-state index contributed by atoms with van der Waals surface area (Å²) < 4.78 is 0. The predicted octanol–water partition coefficient (Wildman–Crippen LogP) is 8.07. The quantitative estimate of drug-likeness (QED) is 0.0539. The van der Waals surface area contributed by atoms with Crippen LogP contribution < -0.4 is 16.0 Å². The number of fused-ring (bicyclic) bond motifs is 2. The van der Waals surface area contributed by atoms with E-state index in [1.165, 1.54) is 11.8 Å². The summed E-state index contributed by atoms with van der Waals surface area (Å²) in [5, 5.41) is 23.8. The van der Waals surface area contributed by atoms with E-state index in [0.717, 1.165) is 44.0 Å². The third kappa shape index (κ3) is 11.4. The monoisotopic (exact) mass is 731 g/mol. The Hall–Kier alpha value is -4.66. The number of thioether (sulfide) groups is 1. The van der Waals surface area contributed by atoms with E-state index in [2.05, 4.69) is 78.3 Å². The van der Waals surface area contributed by atoms with E-state index in [1.807, 2.05) is 80.6 Å². The number of carbonyl (C=O) groups excluding carboxylic acids is 3.